The molecule has 2 aromatic carbocycles. The van der Waals surface area contributed by atoms with Gasteiger partial charge in [-0.1, -0.05) is 36.4 Å². The molecule has 0 saturated carbocycles. The lowest BCUT2D eigenvalue weighted by Crippen LogP contribution is -2.41. The lowest BCUT2D eigenvalue weighted by Gasteiger charge is -2.26. The third kappa shape index (κ3) is 8.65. The van der Waals surface area contributed by atoms with Crippen molar-refractivity contribution in [2.24, 2.45) is 0 Å². The molecule has 0 bridgehead atoms. The van der Waals surface area contributed by atoms with Crippen molar-refractivity contribution in [3.05, 3.63) is 94.3 Å². The molecule has 3 aromatic rings. The number of carbonyl (C=O) groups is 3. The first kappa shape index (κ1) is 28.8. The number of benzene rings is 2. The Morgan fingerprint density at radius 3 is 2.10 bits per heavy atom. The zero-order valence-electron chi connectivity index (χ0n) is 22.4. The van der Waals surface area contributed by atoms with Crippen molar-refractivity contribution in [2.45, 2.75) is 26.4 Å². The molecule has 3 amide bonds. The van der Waals surface area contributed by atoms with E-state index in [0.29, 0.717) is 12.1 Å². The minimum Gasteiger partial charge on any atom is -0.379 e. The van der Waals surface area contributed by atoms with Crippen molar-refractivity contribution < 1.29 is 23.5 Å². The number of morpholine rings is 1. The van der Waals surface area contributed by atoms with Crippen molar-refractivity contribution in [3.63, 3.8) is 0 Å². The van der Waals surface area contributed by atoms with Crippen molar-refractivity contribution >= 4 is 17.7 Å². The predicted molar refractivity (Wildman–Crippen MR) is 146 cm³/mol. The van der Waals surface area contributed by atoms with E-state index in [0.717, 1.165) is 55.9 Å². The van der Waals surface area contributed by atoms with E-state index in [9.17, 15) is 18.8 Å². The first-order valence-corrected chi connectivity index (χ1v) is 13.2. The van der Waals surface area contributed by atoms with E-state index in [1.165, 1.54) is 12.1 Å². The van der Waals surface area contributed by atoms with Gasteiger partial charge in [0.1, 0.15) is 23.5 Å². The third-order valence-electron chi connectivity index (χ3n) is 6.50. The Hall–Kier alpha value is -4.22. The zero-order chi connectivity index (χ0) is 28.3. The predicted octanol–water partition coefficient (Wildman–Crippen LogP) is 1.78. The lowest BCUT2D eigenvalue weighted by atomic mass is 10.1. The molecule has 0 spiro atoms. The zero-order valence-corrected chi connectivity index (χ0v) is 22.4. The van der Waals surface area contributed by atoms with Crippen molar-refractivity contribution in [2.75, 3.05) is 39.4 Å². The summed E-state index contributed by atoms with van der Waals surface area (Å²) in [6.45, 7) is 6.75. The van der Waals surface area contributed by atoms with Gasteiger partial charge in [-0.05, 0) is 35.2 Å². The van der Waals surface area contributed by atoms with Gasteiger partial charge in [-0.2, -0.15) is 0 Å². The minimum atomic E-state index is -0.473. The van der Waals surface area contributed by atoms with Crippen LogP contribution in [0.1, 0.15) is 43.2 Å². The summed E-state index contributed by atoms with van der Waals surface area (Å²) in [5, 5.41) is 8.44. The number of rotatable bonds is 11. The highest BCUT2D eigenvalue weighted by molar-refractivity contribution is 5.97. The molecule has 11 heteroatoms. The number of hydrogen-bond acceptors (Lipinski definition) is 7. The van der Waals surface area contributed by atoms with Crippen LogP contribution in [0.3, 0.4) is 0 Å². The molecule has 1 aromatic heterocycles. The van der Waals surface area contributed by atoms with Gasteiger partial charge in [-0.25, -0.2) is 14.4 Å². The number of halogens is 1. The Kier molecular flexibility index (Phi) is 10.3. The molecule has 10 nitrogen and oxygen atoms in total. The largest absolute Gasteiger partial charge is 0.379 e. The van der Waals surface area contributed by atoms with Gasteiger partial charge < -0.3 is 20.7 Å². The normalized spacial score (nSPS) is 13.4. The highest BCUT2D eigenvalue weighted by Gasteiger charge is 2.14. The van der Waals surface area contributed by atoms with Crippen LogP contribution in [0, 0.1) is 12.7 Å². The molecule has 0 radical (unpaired) electrons. The summed E-state index contributed by atoms with van der Waals surface area (Å²) in [5.41, 5.74) is 3.07. The number of nitrogens with zero attached hydrogens (tertiary/aromatic N) is 3. The standard InChI is InChI=1S/C29H33FN6O4/c1-20-14-23(6-7-24(20)30)18-33-29(39)26-16-25(34-19-35-26)28(38)32-17-22-4-2-21(3-5-22)15-27(37)31-8-9-36-10-12-40-13-11-36/h2-7,14,16,19H,8-13,15,17-18H2,1H3,(H,31,37)(H,32,38)(H,33,39). The maximum Gasteiger partial charge on any atom is 0.270 e. The van der Waals surface area contributed by atoms with E-state index >= 15 is 0 Å². The summed E-state index contributed by atoms with van der Waals surface area (Å²) < 4.78 is 18.8. The molecule has 1 aliphatic heterocycles. The SMILES string of the molecule is Cc1cc(CNC(=O)c2cc(C(=O)NCc3ccc(CC(=O)NCCN4CCOCC4)cc3)ncn2)ccc1F. The van der Waals surface area contributed by atoms with Crippen LogP contribution in [0.25, 0.3) is 0 Å². The minimum absolute atomic E-state index is 0.0364. The first-order valence-electron chi connectivity index (χ1n) is 13.2. The quantitative estimate of drug-likeness (QED) is 0.334. The molecule has 1 fully saturated rings. The van der Waals surface area contributed by atoms with Crippen LogP contribution in [0.4, 0.5) is 4.39 Å². The molecule has 4 rings (SSSR count). The molecule has 0 unspecified atom stereocenters. The Labute approximate surface area is 232 Å². The summed E-state index contributed by atoms with van der Waals surface area (Å²) in [4.78, 5) is 47.6. The lowest BCUT2D eigenvalue weighted by molar-refractivity contribution is -0.120. The fourth-order valence-electron chi connectivity index (χ4n) is 4.17. The summed E-state index contributed by atoms with van der Waals surface area (Å²) >= 11 is 0. The Morgan fingerprint density at radius 2 is 1.45 bits per heavy atom. The summed E-state index contributed by atoms with van der Waals surface area (Å²) in [5.74, 6) is -1.27. The van der Waals surface area contributed by atoms with Gasteiger partial charge in [-0.3, -0.25) is 19.3 Å². The molecule has 0 atom stereocenters. The number of ether oxygens (including phenoxy) is 1. The van der Waals surface area contributed by atoms with E-state index in [1.54, 1.807) is 19.1 Å². The van der Waals surface area contributed by atoms with Crippen LogP contribution in [0.5, 0.6) is 0 Å². The molecular weight excluding hydrogens is 515 g/mol. The molecule has 40 heavy (non-hydrogen) atoms. The maximum absolute atomic E-state index is 13.4. The summed E-state index contributed by atoms with van der Waals surface area (Å²) in [7, 11) is 0. The van der Waals surface area contributed by atoms with Crippen LogP contribution in [0.15, 0.2) is 54.9 Å². The van der Waals surface area contributed by atoms with Gasteiger partial charge in [0, 0.05) is 45.3 Å². The van der Waals surface area contributed by atoms with Crippen LogP contribution in [0.2, 0.25) is 0 Å². The molecule has 1 aliphatic rings. The van der Waals surface area contributed by atoms with E-state index in [4.69, 9.17) is 4.74 Å². The number of aryl methyl sites for hydroxylation is 1. The monoisotopic (exact) mass is 548 g/mol. The second-order valence-electron chi connectivity index (χ2n) is 9.53. The fourth-order valence-corrected chi connectivity index (χ4v) is 4.17. The Bertz CT molecular complexity index is 1330. The first-order chi connectivity index (χ1) is 19.4. The van der Waals surface area contributed by atoms with Gasteiger partial charge in [-0.15, -0.1) is 0 Å². The topological polar surface area (TPSA) is 126 Å². The van der Waals surface area contributed by atoms with E-state index in [2.05, 4.69) is 30.8 Å². The second-order valence-corrected chi connectivity index (χ2v) is 9.53. The number of amides is 3. The molecule has 2 heterocycles. The molecule has 210 valence electrons. The second kappa shape index (κ2) is 14.2. The number of hydrogen-bond donors (Lipinski definition) is 3. The Morgan fingerprint density at radius 1 is 0.850 bits per heavy atom. The van der Waals surface area contributed by atoms with Gasteiger partial charge in [0.05, 0.1) is 19.6 Å². The maximum atomic E-state index is 13.4. The third-order valence-corrected chi connectivity index (χ3v) is 6.50. The molecule has 1 saturated heterocycles. The number of carbonyl (C=O) groups excluding carboxylic acids is 3. The number of nitrogens with one attached hydrogen (secondary N) is 3. The van der Waals surface area contributed by atoms with E-state index in [-0.39, 0.29) is 42.6 Å². The van der Waals surface area contributed by atoms with Gasteiger partial charge in [0.25, 0.3) is 11.8 Å². The van der Waals surface area contributed by atoms with E-state index < -0.39 is 11.8 Å². The average Bonchev–Trinajstić information content (AvgIpc) is 2.97. The van der Waals surface area contributed by atoms with Crippen LogP contribution < -0.4 is 16.0 Å². The average molecular weight is 549 g/mol. The van der Waals surface area contributed by atoms with Gasteiger partial charge in [0.2, 0.25) is 5.91 Å². The molecule has 0 aliphatic carbocycles. The highest BCUT2D eigenvalue weighted by atomic mass is 19.1. The highest BCUT2D eigenvalue weighted by Crippen LogP contribution is 2.10. The number of aromatic nitrogens is 2. The molecule has 3 N–H and O–H groups in total. The van der Waals surface area contributed by atoms with E-state index in [1.807, 2.05) is 24.3 Å². The fraction of sp³-hybridized carbons (Fsp3) is 0.345. The summed E-state index contributed by atoms with van der Waals surface area (Å²) in [6.07, 6.45) is 1.44. The van der Waals surface area contributed by atoms with Crippen molar-refractivity contribution in [3.8, 4) is 0 Å². The Balaban J connectivity index is 1.21. The smallest absolute Gasteiger partial charge is 0.270 e. The molecular formula is C29H33FN6O4. The van der Waals surface area contributed by atoms with Gasteiger partial charge >= 0.3 is 0 Å². The van der Waals surface area contributed by atoms with Crippen LogP contribution >= 0.6 is 0 Å². The van der Waals surface area contributed by atoms with Crippen LogP contribution in [-0.2, 0) is 29.0 Å². The van der Waals surface area contributed by atoms with Crippen molar-refractivity contribution in [1.29, 1.82) is 0 Å². The summed E-state index contributed by atoms with van der Waals surface area (Å²) in [6, 6.07) is 13.3. The van der Waals surface area contributed by atoms with Crippen LogP contribution in [-0.4, -0.2) is 72.0 Å². The van der Waals surface area contributed by atoms with Gasteiger partial charge in [0.15, 0.2) is 0 Å². The van der Waals surface area contributed by atoms with Crippen molar-refractivity contribution in [1.82, 2.24) is 30.8 Å².